The van der Waals surface area contributed by atoms with Gasteiger partial charge in [0.15, 0.2) is 0 Å². The third-order valence-electron chi connectivity index (χ3n) is 3.84. The van der Waals surface area contributed by atoms with Gasteiger partial charge in [-0.05, 0) is 25.8 Å². The summed E-state index contributed by atoms with van der Waals surface area (Å²) in [6.07, 6.45) is 5.31. The Morgan fingerprint density at radius 1 is 1.50 bits per heavy atom. The maximum Gasteiger partial charge on any atom is 0.248 e. The highest BCUT2D eigenvalue weighted by Gasteiger charge is 2.28. The summed E-state index contributed by atoms with van der Waals surface area (Å²) in [6.45, 7) is 2.56. The molecule has 1 aliphatic heterocycles. The zero-order valence-electron chi connectivity index (χ0n) is 10.1. The topological polar surface area (TPSA) is 41.6 Å². The molecule has 92 valence electrons. The van der Waals surface area contributed by atoms with Crippen molar-refractivity contribution in [3.05, 3.63) is 0 Å². The number of ether oxygens (including phenoxy) is 1. The summed E-state index contributed by atoms with van der Waals surface area (Å²) in [5, 5.41) is 3.38. The standard InChI is InChI=1S/C12H22N2O2/c1-13-11(10-4-2-3-5-10)8-14-6-7-16-9-12(14)15/h10-11,13H,2-9H2,1H3. The number of hydrogen-bond acceptors (Lipinski definition) is 3. The SMILES string of the molecule is CNC(CN1CCOCC1=O)C1CCCC1. The number of hydrogen-bond donors (Lipinski definition) is 1. The quantitative estimate of drug-likeness (QED) is 0.764. The molecule has 0 aromatic heterocycles. The Labute approximate surface area is 97.3 Å². The molecular weight excluding hydrogens is 204 g/mol. The van der Waals surface area contributed by atoms with E-state index in [0.717, 1.165) is 19.0 Å². The lowest BCUT2D eigenvalue weighted by atomic mass is 9.97. The van der Waals surface area contributed by atoms with Gasteiger partial charge in [0.25, 0.3) is 0 Å². The van der Waals surface area contributed by atoms with E-state index in [4.69, 9.17) is 4.74 Å². The minimum absolute atomic E-state index is 0.143. The van der Waals surface area contributed by atoms with Crippen LogP contribution in [-0.2, 0) is 9.53 Å². The molecule has 1 atom stereocenters. The maximum absolute atomic E-state index is 11.6. The van der Waals surface area contributed by atoms with Crippen LogP contribution in [0, 0.1) is 5.92 Å². The van der Waals surface area contributed by atoms with E-state index < -0.39 is 0 Å². The van der Waals surface area contributed by atoms with Crippen LogP contribution in [0.1, 0.15) is 25.7 Å². The number of likely N-dealkylation sites (N-methyl/N-ethyl adjacent to an activating group) is 1. The zero-order chi connectivity index (χ0) is 11.4. The van der Waals surface area contributed by atoms with Gasteiger partial charge in [0.2, 0.25) is 5.91 Å². The van der Waals surface area contributed by atoms with Crippen molar-refractivity contribution < 1.29 is 9.53 Å². The molecule has 16 heavy (non-hydrogen) atoms. The number of nitrogens with one attached hydrogen (secondary N) is 1. The van der Waals surface area contributed by atoms with E-state index in [9.17, 15) is 4.79 Å². The number of carbonyl (C=O) groups is 1. The molecule has 1 aliphatic carbocycles. The summed E-state index contributed by atoms with van der Waals surface area (Å²) in [7, 11) is 2.01. The molecule has 1 saturated carbocycles. The summed E-state index contributed by atoms with van der Waals surface area (Å²) in [5.41, 5.74) is 0. The van der Waals surface area contributed by atoms with Crippen LogP contribution in [0.3, 0.4) is 0 Å². The average molecular weight is 226 g/mol. The van der Waals surface area contributed by atoms with Gasteiger partial charge < -0.3 is 15.0 Å². The molecule has 0 radical (unpaired) electrons. The van der Waals surface area contributed by atoms with Crippen LogP contribution in [0.5, 0.6) is 0 Å². The molecule has 0 aromatic carbocycles. The summed E-state index contributed by atoms with van der Waals surface area (Å²) >= 11 is 0. The smallest absolute Gasteiger partial charge is 0.248 e. The van der Waals surface area contributed by atoms with Gasteiger partial charge in [0.05, 0.1) is 6.61 Å². The molecule has 1 saturated heterocycles. The van der Waals surface area contributed by atoms with Gasteiger partial charge in [-0.3, -0.25) is 4.79 Å². The average Bonchev–Trinajstić information content (AvgIpc) is 2.81. The first-order chi connectivity index (χ1) is 7.81. The van der Waals surface area contributed by atoms with Gasteiger partial charge in [-0.2, -0.15) is 0 Å². The van der Waals surface area contributed by atoms with Crippen molar-refractivity contribution in [3.8, 4) is 0 Å². The van der Waals surface area contributed by atoms with E-state index in [2.05, 4.69) is 5.32 Å². The van der Waals surface area contributed by atoms with Gasteiger partial charge >= 0.3 is 0 Å². The first-order valence-electron chi connectivity index (χ1n) is 6.34. The third kappa shape index (κ3) is 2.74. The molecule has 1 amide bonds. The Morgan fingerprint density at radius 2 is 2.25 bits per heavy atom. The molecule has 1 heterocycles. The molecule has 4 nitrogen and oxygen atoms in total. The van der Waals surface area contributed by atoms with Crippen molar-refractivity contribution in [2.75, 3.05) is 33.4 Å². The molecular formula is C12H22N2O2. The number of rotatable bonds is 4. The monoisotopic (exact) mass is 226 g/mol. The largest absolute Gasteiger partial charge is 0.370 e. The summed E-state index contributed by atoms with van der Waals surface area (Å²) in [5.74, 6) is 0.894. The van der Waals surface area contributed by atoms with Crippen LogP contribution in [0.15, 0.2) is 0 Å². The van der Waals surface area contributed by atoms with Crippen LogP contribution < -0.4 is 5.32 Å². The van der Waals surface area contributed by atoms with Gasteiger partial charge in [-0.1, -0.05) is 12.8 Å². The van der Waals surface area contributed by atoms with E-state index in [0.29, 0.717) is 12.6 Å². The highest BCUT2D eigenvalue weighted by molar-refractivity contribution is 5.78. The van der Waals surface area contributed by atoms with Gasteiger partial charge in [-0.25, -0.2) is 0 Å². The second-order valence-corrected chi connectivity index (χ2v) is 4.83. The zero-order valence-corrected chi connectivity index (χ0v) is 10.1. The van der Waals surface area contributed by atoms with Crippen molar-refractivity contribution in [2.45, 2.75) is 31.7 Å². The van der Waals surface area contributed by atoms with Crippen LogP contribution in [0.25, 0.3) is 0 Å². The molecule has 2 fully saturated rings. The summed E-state index contributed by atoms with van der Waals surface area (Å²) < 4.78 is 5.14. The molecule has 0 aromatic rings. The van der Waals surface area contributed by atoms with E-state index >= 15 is 0 Å². The van der Waals surface area contributed by atoms with Crippen molar-refractivity contribution >= 4 is 5.91 Å². The minimum Gasteiger partial charge on any atom is -0.370 e. The molecule has 1 N–H and O–H groups in total. The van der Waals surface area contributed by atoms with E-state index in [1.54, 1.807) is 0 Å². The molecule has 0 bridgehead atoms. The second kappa shape index (κ2) is 5.64. The first-order valence-corrected chi connectivity index (χ1v) is 6.34. The highest BCUT2D eigenvalue weighted by atomic mass is 16.5. The van der Waals surface area contributed by atoms with Crippen LogP contribution in [-0.4, -0.2) is 50.2 Å². The molecule has 2 rings (SSSR count). The summed E-state index contributed by atoms with van der Waals surface area (Å²) in [6, 6.07) is 0.463. The Kier molecular flexibility index (Phi) is 4.18. The number of nitrogens with zero attached hydrogens (tertiary/aromatic N) is 1. The Hall–Kier alpha value is -0.610. The first kappa shape index (κ1) is 11.9. The van der Waals surface area contributed by atoms with E-state index in [-0.39, 0.29) is 12.5 Å². The lowest BCUT2D eigenvalue weighted by molar-refractivity contribution is -0.143. The number of amides is 1. The van der Waals surface area contributed by atoms with Gasteiger partial charge in [0.1, 0.15) is 6.61 Å². The van der Waals surface area contributed by atoms with Crippen LogP contribution >= 0.6 is 0 Å². The minimum atomic E-state index is 0.143. The predicted octanol–water partition coefficient (Wildman–Crippen LogP) is 0.623. The number of morpholine rings is 1. The lowest BCUT2D eigenvalue weighted by Gasteiger charge is -2.33. The molecule has 4 heteroatoms. The normalized spacial score (nSPS) is 25.1. The van der Waals surface area contributed by atoms with Gasteiger partial charge in [0, 0.05) is 19.1 Å². The molecule has 2 aliphatic rings. The predicted molar refractivity (Wildman–Crippen MR) is 62.2 cm³/mol. The Bertz CT molecular complexity index is 239. The van der Waals surface area contributed by atoms with Gasteiger partial charge in [-0.15, -0.1) is 0 Å². The maximum atomic E-state index is 11.6. The lowest BCUT2D eigenvalue weighted by Crippen LogP contribution is -2.50. The second-order valence-electron chi connectivity index (χ2n) is 4.83. The fraction of sp³-hybridized carbons (Fsp3) is 0.917. The van der Waals surface area contributed by atoms with Crippen molar-refractivity contribution in [2.24, 2.45) is 5.92 Å². The number of carbonyl (C=O) groups excluding carboxylic acids is 1. The van der Waals surface area contributed by atoms with Crippen molar-refractivity contribution in [1.29, 1.82) is 0 Å². The van der Waals surface area contributed by atoms with E-state index in [1.807, 2.05) is 11.9 Å². The third-order valence-corrected chi connectivity index (χ3v) is 3.84. The van der Waals surface area contributed by atoms with Crippen LogP contribution in [0.4, 0.5) is 0 Å². The fourth-order valence-corrected chi connectivity index (χ4v) is 2.82. The van der Waals surface area contributed by atoms with Crippen LogP contribution in [0.2, 0.25) is 0 Å². The Balaban J connectivity index is 1.87. The molecule has 1 unspecified atom stereocenters. The molecule has 0 spiro atoms. The van der Waals surface area contributed by atoms with Crippen molar-refractivity contribution in [3.63, 3.8) is 0 Å². The summed E-state index contributed by atoms with van der Waals surface area (Å²) in [4.78, 5) is 13.6. The fourth-order valence-electron chi connectivity index (χ4n) is 2.82. The highest BCUT2D eigenvalue weighted by Crippen LogP contribution is 2.28. The van der Waals surface area contributed by atoms with E-state index in [1.165, 1.54) is 25.7 Å². The Morgan fingerprint density at radius 3 is 2.88 bits per heavy atom. The van der Waals surface area contributed by atoms with Crippen molar-refractivity contribution in [1.82, 2.24) is 10.2 Å².